The average Bonchev–Trinajstić information content (AvgIpc) is 3.29. The minimum atomic E-state index is -0.528. The number of methoxy groups -OCH3 is 1. The van der Waals surface area contributed by atoms with Crippen molar-refractivity contribution in [3.8, 4) is 5.75 Å². The van der Waals surface area contributed by atoms with Crippen molar-refractivity contribution in [3.05, 3.63) is 65.7 Å². The predicted octanol–water partition coefficient (Wildman–Crippen LogP) is 4.10. The highest BCUT2D eigenvalue weighted by Crippen LogP contribution is 2.20. The van der Waals surface area contributed by atoms with Gasteiger partial charge in [0, 0.05) is 19.0 Å². The van der Waals surface area contributed by atoms with E-state index in [2.05, 4.69) is 5.32 Å². The van der Waals surface area contributed by atoms with Gasteiger partial charge in [-0.05, 0) is 49.4 Å². The van der Waals surface area contributed by atoms with Gasteiger partial charge in [0.25, 0.3) is 0 Å². The van der Waals surface area contributed by atoms with Crippen molar-refractivity contribution in [1.29, 1.82) is 0 Å². The first-order chi connectivity index (χ1) is 14.6. The second-order valence-corrected chi connectivity index (χ2v) is 8.02. The van der Waals surface area contributed by atoms with E-state index in [-0.39, 0.29) is 17.9 Å². The van der Waals surface area contributed by atoms with Gasteiger partial charge in [0.2, 0.25) is 11.8 Å². The number of benzene rings is 2. The third-order valence-electron chi connectivity index (χ3n) is 5.83. The van der Waals surface area contributed by atoms with Crippen LogP contribution in [0.5, 0.6) is 5.75 Å². The maximum atomic E-state index is 13.2. The van der Waals surface area contributed by atoms with E-state index in [4.69, 9.17) is 4.74 Å². The molecule has 1 unspecified atom stereocenters. The van der Waals surface area contributed by atoms with Crippen LogP contribution in [0.4, 0.5) is 0 Å². The first-order valence-electron chi connectivity index (χ1n) is 10.8. The molecule has 5 heteroatoms. The highest BCUT2D eigenvalue weighted by atomic mass is 16.5. The Balaban J connectivity index is 1.72. The normalized spacial score (nSPS) is 14.9. The van der Waals surface area contributed by atoms with Gasteiger partial charge >= 0.3 is 0 Å². The summed E-state index contributed by atoms with van der Waals surface area (Å²) in [5.74, 6) is 0.654. The quantitative estimate of drug-likeness (QED) is 0.679. The molecule has 30 heavy (non-hydrogen) atoms. The van der Waals surface area contributed by atoms with Gasteiger partial charge in [-0.3, -0.25) is 9.59 Å². The number of amides is 2. The Kier molecular flexibility index (Phi) is 7.89. The molecule has 1 N–H and O–H groups in total. The van der Waals surface area contributed by atoms with Crippen LogP contribution in [0.3, 0.4) is 0 Å². The SMILES string of the molecule is COc1cccc(CN(C(=O)CCc2ccccc2)C(C)C(=O)NC2CCCC2)c1. The van der Waals surface area contributed by atoms with Crippen LogP contribution in [0.15, 0.2) is 54.6 Å². The number of ether oxygens (including phenoxy) is 1. The first-order valence-corrected chi connectivity index (χ1v) is 10.8. The van der Waals surface area contributed by atoms with E-state index in [9.17, 15) is 9.59 Å². The van der Waals surface area contributed by atoms with Gasteiger partial charge in [0.05, 0.1) is 7.11 Å². The molecule has 1 aliphatic rings. The Hall–Kier alpha value is -2.82. The van der Waals surface area contributed by atoms with Crippen molar-refractivity contribution in [2.75, 3.05) is 7.11 Å². The largest absolute Gasteiger partial charge is 0.497 e. The fraction of sp³-hybridized carbons (Fsp3) is 0.440. The van der Waals surface area contributed by atoms with E-state index in [1.165, 1.54) is 0 Å². The summed E-state index contributed by atoms with van der Waals surface area (Å²) < 4.78 is 5.32. The molecule has 160 valence electrons. The molecular formula is C25H32N2O3. The molecule has 2 amide bonds. The standard InChI is InChI=1S/C25H32N2O3/c1-19(25(29)26-22-12-6-7-13-22)27(18-21-11-8-14-23(17-21)30-2)24(28)16-15-20-9-4-3-5-10-20/h3-5,8-11,14,17,19,22H,6-7,12-13,15-16,18H2,1-2H3,(H,26,29). The minimum Gasteiger partial charge on any atom is -0.497 e. The van der Waals surface area contributed by atoms with Crippen LogP contribution in [0.25, 0.3) is 0 Å². The predicted molar refractivity (Wildman–Crippen MR) is 118 cm³/mol. The lowest BCUT2D eigenvalue weighted by Gasteiger charge is -2.30. The van der Waals surface area contributed by atoms with E-state index in [1.807, 2.05) is 61.5 Å². The van der Waals surface area contributed by atoms with E-state index < -0.39 is 6.04 Å². The number of carbonyl (C=O) groups excluding carboxylic acids is 2. The third-order valence-corrected chi connectivity index (χ3v) is 5.83. The number of rotatable bonds is 9. The van der Waals surface area contributed by atoms with Crippen molar-refractivity contribution >= 4 is 11.8 Å². The van der Waals surface area contributed by atoms with Gasteiger partial charge < -0.3 is 15.0 Å². The second-order valence-electron chi connectivity index (χ2n) is 8.02. The van der Waals surface area contributed by atoms with Crippen molar-refractivity contribution in [2.24, 2.45) is 0 Å². The maximum Gasteiger partial charge on any atom is 0.242 e. The lowest BCUT2D eigenvalue weighted by molar-refractivity contribution is -0.140. The molecule has 0 radical (unpaired) electrons. The van der Waals surface area contributed by atoms with Gasteiger partial charge in [0.15, 0.2) is 0 Å². The van der Waals surface area contributed by atoms with Crippen molar-refractivity contribution in [1.82, 2.24) is 10.2 Å². The van der Waals surface area contributed by atoms with Crippen LogP contribution >= 0.6 is 0 Å². The highest BCUT2D eigenvalue weighted by Gasteiger charge is 2.28. The average molecular weight is 409 g/mol. The summed E-state index contributed by atoms with van der Waals surface area (Å²) in [7, 11) is 1.62. The van der Waals surface area contributed by atoms with Crippen LogP contribution < -0.4 is 10.1 Å². The van der Waals surface area contributed by atoms with Crippen molar-refractivity contribution in [3.63, 3.8) is 0 Å². The maximum absolute atomic E-state index is 13.2. The number of aryl methyl sites for hydroxylation is 1. The lowest BCUT2D eigenvalue weighted by Crippen LogP contribution is -2.49. The van der Waals surface area contributed by atoms with Crippen molar-refractivity contribution in [2.45, 2.75) is 64.1 Å². The number of hydrogen-bond donors (Lipinski definition) is 1. The summed E-state index contributed by atoms with van der Waals surface area (Å²) in [5, 5.41) is 3.14. The summed E-state index contributed by atoms with van der Waals surface area (Å²) in [6.45, 7) is 2.20. The zero-order valence-corrected chi connectivity index (χ0v) is 18.0. The monoisotopic (exact) mass is 408 g/mol. The smallest absolute Gasteiger partial charge is 0.242 e. The lowest BCUT2D eigenvalue weighted by atomic mass is 10.1. The molecule has 1 fully saturated rings. The van der Waals surface area contributed by atoms with Crippen LogP contribution in [-0.4, -0.2) is 35.9 Å². The summed E-state index contributed by atoms with van der Waals surface area (Å²) in [6, 6.07) is 17.3. The number of nitrogens with zero attached hydrogens (tertiary/aromatic N) is 1. The zero-order chi connectivity index (χ0) is 21.3. The third kappa shape index (κ3) is 6.09. The Morgan fingerprint density at radius 3 is 2.47 bits per heavy atom. The zero-order valence-electron chi connectivity index (χ0n) is 18.0. The van der Waals surface area contributed by atoms with E-state index in [1.54, 1.807) is 12.0 Å². The fourth-order valence-electron chi connectivity index (χ4n) is 3.98. The summed E-state index contributed by atoms with van der Waals surface area (Å²) in [5.41, 5.74) is 2.07. The molecule has 0 saturated heterocycles. The second kappa shape index (κ2) is 10.8. The van der Waals surface area contributed by atoms with Gasteiger partial charge in [-0.1, -0.05) is 55.3 Å². The molecule has 0 spiro atoms. The summed E-state index contributed by atoms with van der Waals surface area (Å²) >= 11 is 0. The molecular weight excluding hydrogens is 376 g/mol. The fourth-order valence-corrected chi connectivity index (χ4v) is 3.98. The molecule has 0 aromatic heterocycles. The molecule has 3 rings (SSSR count). The van der Waals surface area contributed by atoms with Crippen LogP contribution in [0, 0.1) is 0 Å². The summed E-state index contributed by atoms with van der Waals surface area (Å²) in [6.07, 6.45) is 5.39. The minimum absolute atomic E-state index is 0.0178. The Morgan fingerprint density at radius 2 is 1.77 bits per heavy atom. The molecule has 2 aromatic rings. The van der Waals surface area contributed by atoms with E-state index in [0.29, 0.717) is 19.4 Å². The first kappa shape index (κ1) is 21.9. The van der Waals surface area contributed by atoms with E-state index in [0.717, 1.165) is 42.6 Å². The van der Waals surface area contributed by atoms with Gasteiger partial charge in [-0.25, -0.2) is 0 Å². The van der Waals surface area contributed by atoms with Crippen LogP contribution in [0.1, 0.15) is 50.2 Å². The Labute approximate surface area is 179 Å². The van der Waals surface area contributed by atoms with Gasteiger partial charge in [-0.2, -0.15) is 0 Å². The topological polar surface area (TPSA) is 58.6 Å². The van der Waals surface area contributed by atoms with Crippen LogP contribution in [-0.2, 0) is 22.6 Å². The number of hydrogen-bond acceptors (Lipinski definition) is 3. The van der Waals surface area contributed by atoms with E-state index >= 15 is 0 Å². The Bertz CT molecular complexity index is 831. The summed E-state index contributed by atoms with van der Waals surface area (Å²) in [4.78, 5) is 27.8. The molecule has 0 heterocycles. The molecule has 5 nitrogen and oxygen atoms in total. The molecule has 2 aromatic carbocycles. The van der Waals surface area contributed by atoms with Crippen LogP contribution in [0.2, 0.25) is 0 Å². The molecule has 0 bridgehead atoms. The van der Waals surface area contributed by atoms with Gasteiger partial charge in [-0.15, -0.1) is 0 Å². The Morgan fingerprint density at radius 1 is 1.07 bits per heavy atom. The molecule has 1 aliphatic carbocycles. The highest BCUT2D eigenvalue weighted by molar-refractivity contribution is 5.87. The van der Waals surface area contributed by atoms with Gasteiger partial charge in [0.1, 0.15) is 11.8 Å². The molecule has 1 atom stereocenters. The number of nitrogens with one attached hydrogen (secondary N) is 1. The van der Waals surface area contributed by atoms with Crippen molar-refractivity contribution < 1.29 is 14.3 Å². The number of carbonyl (C=O) groups is 2. The molecule has 1 saturated carbocycles. The molecule has 0 aliphatic heterocycles.